The number of carbonyl (C=O) groups excluding carboxylic acids is 2. The van der Waals surface area contributed by atoms with E-state index in [4.69, 9.17) is 10.5 Å². The lowest BCUT2D eigenvalue weighted by atomic mass is 10.0. The minimum atomic E-state index is -3.46. The Morgan fingerprint density at radius 3 is 2.49 bits per heavy atom. The van der Waals surface area contributed by atoms with Crippen LogP contribution in [0.4, 0.5) is 17.1 Å². The van der Waals surface area contributed by atoms with E-state index in [0.29, 0.717) is 35.5 Å². The van der Waals surface area contributed by atoms with Crippen molar-refractivity contribution in [1.29, 1.82) is 0 Å². The van der Waals surface area contributed by atoms with Gasteiger partial charge < -0.3 is 21.1 Å². The van der Waals surface area contributed by atoms with Crippen molar-refractivity contribution in [2.24, 2.45) is 5.73 Å². The molecule has 0 aliphatic carbocycles. The smallest absolute Gasteiger partial charge is 0.337 e. The fourth-order valence-electron chi connectivity index (χ4n) is 3.74. The number of carbonyl (C=O) groups is 2. The third-order valence-corrected chi connectivity index (χ3v) is 6.53. The lowest BCUT2D eigenvalue weighted by Gasteiger charge is -2.29. The summed E-state index contributed by atoms with van der Waals surface area (Å²) in [7, 11) is -2.15. The molecule has 0 saturated carbocycles. The second kappa shape index (κ2) is 10.5. The van der Waals surface area contributed by atoms with E-state index < -0.39 is 21.5 Å². The molecule has 0 radical (unpaired) electrons. The van der Waals surface area contributed by atoms with Gasteiger partial charge in [-0.05, 0) is 63.1 Å². The maximum Gasteiger partial charge on any atom is 0.337 e. The summed E-state index contributed by atoms with van der Waals surface area (Å²) in [4.78, 5) is 24.0. The number of nitrogens with zero attached hydrogens (tertiary/aromatic N) is 1. The van der Waals surface area contributed by atoms with Gasteiger partial charge in [-0.15, -0.1) is 0 Å². The van der Waals surface area contributed by atoms with Gasteiger partial charge in [0, 0.05) is 34.6 Å². The van der Waals surface area contributed by atoms with Gasteiger partial charge in [-0.3, -0.25) is 9.10 Å². The van der Waals surface area contributed by atoms with Gasteiger partial charge in [-0.1, -0.05) is 12.1 Å². The number of amides is 1. The van der Waals surface area contributed by atoms with Crippen molar-refractivity contribution in [3.8, 4) is 0 Å². The molecular formula is C25H32N4O5S. The molecule has 0 saturated heterocycles. The van der Waals surface area contributed by atoms with E-state index >= 15 is 0 Å². The standard InChI is InChI=1S/C25H32N4O5S/c1-25(2,26)16-29(35(4,32)33)19-11-9-18(10-12-19)27-14-6-5-7-21-20-13-8-17(24(31)34-3)15-22(20)28-23(21)30/h7-13,15,27H,5-6,14,16,26H2,1-4H3,(H,28,30). The quantitative estimate of drug-likeness (QED) is 0.259. The highest BCUT2D eigenvalue weighted by Gasteiger charge is 2.25. The number of methoxy groups -OCH3 is 1. The van der Waals surface area contributed by atoms with Crippen LogP contribution in [0, 0.1) is 0 Å². The van der Waals surface area contributed by atoms with Gasteiger partial charge in [0.1, 0.15) is 0 Å². The first-order valence-electron chi connectivity index (χ1n) is 11.2. The Morgan fingerprint density at radius 1 is 1.20 bits per heavy atom. The zero-order valence-electron chi connectivity index (χ0n) is 20.4. The topological polar surface area (TPSA) is 131 Å². The van der Waals surface area contributed by atoms with Crippen molar-refractivity contribution in [1.82, 2.24) is 0 Å². The second-order valence-electron chi connectivity index (χ2n) is 9.20. The predicted octanol–water partition coefficient (Wildman–Crippen LogP) is 3.20. The van der Waals surface area contributed by atoms with Crippen LogP contribution in [0.5, 0.6) is 0 Å². The monoisotopic (exact) mass is 500 g/mol. The summed E-state index contributed by atoms with van der Waals surface area (Å²) in [5.41, 5.74) is 9.12. The highest BCUT2D eigenvalue weighted by atomic mass is 32.2. The average Bonchev–Trinajstić information content (AvgIpc) is 3.10. The number of benzene rings is 2. The Hall–Kier alpha value is -3.37. The van der Waals surface area contributed by atoms with E-state index in [1.54, 1.807) is 44.2 Å². The summed E-state index contributed by atoms with van der Waals surface area (Å²) in [6, 6.07) is 12.2. The molecule has 0 aromatic heterocycles. The average molecular weight is 501 g/mol. The van der Waals surface area contributed by atoms with Gasteiger partial charge in [-0.25, -0.2) is 13.2 Å². The largest absolute Gasteiger partial charge is 0.465 e. The third-order valence-electron chi connectivity index (χ3n) is 5.39. The van der Waals surface area contributed by atoms with Gasteiger partial charge in [0.25, 0.3) is 5.91 Å². The molecule has 10 heteroatoms. The number of sulfonamides is 1. The first-order chi connectivity index (χ1) is 16.4. The minimum Gasteiger partial charge on any atom is -0.465 e. The van der Waals surface area contributed by atoms with Gasteiger partial charge in [0.15, 0.2) is 0 Å². The Labute approximate surface area is 206 Å². The van der Waals surface area contributed by atoms with Crippen LogP contribution in [-0.2, 0) is 19.6 Å². The fraction of sp³-hybridized carbons (Fsp3) is 0.360. The zero-order chi connectivity index (χ0) is 25.8. The predicted molar refractivity (Wildman–Crippen MR) is 139 cm³/mol. The maximum absolute atomic E-state index is 12.3. The number of hydrogen-bond acceptors (Lipinski definition) is 7. The van der Waals surface area contributed by atoms with Crippen molar-refractivity contribution in [2.75, 3.05) is 41.4 Å². The SMILES string of the molecule is COC(=O)c1ccc2c(c1)NC(=O)C2=CCCCNc1ccc(N(CC(C)(C)N)S(C)(=O)=O)cc1. The van der Waals surface area contributed by atoms with E-state index in [1.165, 1.54) is 17.7 Å². The molecule has 2 aromatic carbocycles. The van der Waals surface area contributed by atoms with E-state index in [9.17, 15) is 18.0 Å². The Balaban J connectivity index is 1.56. The molecule has 2 aromatic rings. The molecule has 1 aliphatic rings. The van der Waals surface area contributed by atoms with Crippen LogP contribution in [0.15, 0.2) is 48.5 Å². The maximum atomic E-state index is 12.3. The summed E-state index contributed by atoms with van der Waals surface area (Å²) in [6.45, 7) is 4.41. The number of esters is 1. The van der Waals surface area contributed by atoms with Crippen LogP contribution in [0.2, 0.25) is 0 Å². The molecule has 3 rings (SSSR count). The minimum absolute atomic E-state index is 0.175. The second-order valence-corrected chi connectivity index (χ2v) is 11.1. The van der Waals surface area contributed by atoms with E-state index in [0.717, 1.165) is 17.7 Å². The molecule has 35 heavy (non-hydrogen) atoms. The van der Waals surface area contributed by atoms with E-state index in [1.807, 2.05) is 18.2 Å². The summed E-state index contributed by atoms with van der Waals surface area (Å²) in [5, 5.41) is 6.09. The normalized spacial score (nSPS) is 14.4. The van der Waals surface area contributed by atoms with Crippen LogP contribution in [0.1, 0.15) is 42.6 Å². The van der Waals surface area contributed by atoms with Gasteiger partial charge in [-0.2, -0.15) is 0 Å². The highest BCUT2D eigenvalue weighted by molar-refractivity contribution is 7.92. The van der Waals surface area contributed by atoms with Crippen molar-refractivity contribution in [3.63, 3.8) is 0 Å². The van der Waals surface area contributed by atoms with Crippen LogP contribution >= 0.6 is 0 Å². The molecule has 0 unspecified atom stereocenters. The molecule has 188 valence electrons. The van der Waals surface area contributed by atoms with Crippen LogP contribution in [-0.4, -0.2) is 52.3 Å². The molecule has 0 fully saturated rings. The Morgan fingerprint density at radius 2 is 1.89 bits per heavy atom. The Bertz CT molecular complexity index is 1230. The van der Waals surface area contributed by atoms with E-state index in [2.05, 4.69) is 10.6 Å². The van der Waals surface area contributed by atoms with Crippen molar-refractivity contribution < 1.29 is 22.7 Å². The third kappa shape index (κ3) is 6.83. The molecule has 1 amide bonds. The summed E-state index contributed by atoms with van der Waals surface area (Å²) in [5.74, 6) is -0.646. The summed E-state index contributed by atoms with van der Waals surface area (Å²) >= 11 is 0. The highest BCUT2D eigenvalue weighted by Crippen LogP contribution is 2.33. The molecule has 1 aliphatic heterocycles. The molecule has 0 atom stereocenters. The first-order valence-corrected chi connectivity index (χ1v) is 13.1. The molecule has 4 N–H and O–H groups in total. The van der Waals surface area contributed by atoms with Gasteiger partial charge in [0.05, 0.1) is 31.2 Å². The molecular weight excluding hydrogens is 468 g/mol. The number of fused-ring (bicyclic) bond motifs is 1. The lowest BCUT2D eigenvalue weighted by molar-refractivity contribution is -0.110. The van der Waals surface area contributed by atoms with Crippen LogP contribution in [0.25, 0.3) is 5.57 Å². The fourth-order valence-corrected chi connectivity index (χ4v) is 4.81. The van der Waals surface area contributed by atoms with Gasteiger partial charge in [0.2, 0.25) is 10.0 Å². The zero-order valence-corrected chi connectivity index (χ0v) is 21.2. The van der Waals surface area contributed by atoms with Crippen LogP contribution in [0.3, 0.4) is 0 Å². The number of hydrogen-bond donors (Lipinski definition) is 3. The molecule has 1 heterocycles. The van der Waals surface area contributed by atoms with Gasteiger partial charge >= 0.3 is 5.97 Å². The number of nitrogens with two attached hydrogens (primary N) is 1. The van der Waals surface area contributed by atoms with E-state index in [-0.39, 0.29) is 12.5 Å². The summed E-state index contributed by atoms with van der Waals surface area (Å²) in [6.07, 6.45) is 4.52. The molecule has 9 nitrogen and oxygen atoms in total. The molecule has 0 bridgehead atoms. The number of unbranched alkanes of at least 4 members (excludes halogenated alkanes) is 1. The lowest BCUT2D eigenvalue weighted by Crippen LogP contribution is -2.47. The van der Waals surface area contributed by atoms with Crippen molar-refractivity contribution in [2.45, 2.75) is 32.2 Å². The van der Waals surface area contributed by atoms with Crippen LogP contribution < -0.4 is 20.7 Å². The van der Waals surface area contributed by atoms with Crippen molar-refractivity contribution >= 4 is 44.5 Å². The van der Waals surface area contributed by atoms with Crippen molar-refractivity contribution in [3.05, 3.63) is 59.7 Å². The number of allylic oxidation sites excluding steroid dienone is 1. The molecule has 0 spiro atoms. The summed E-state index contributed by atoms with van der Waals surface area (Å²) < 4.78 is 30.4. The number of ether oxygens (including phenoxy) is 1. The first kappa shape index (κ1) is 26.2. The number of rotatable bonds is 10. The number of anilines is 3. The number of nitrogens with one attached hydrogen (secondary N) is 2. The Kier molecular flexibility index (Phi) is 7.86.